The summed E-state index contributed by atoms with van der Waals surface area (Å²) in [6, 6.07) is 0. The van der Waals surface area contributed by atoms with Crippen molar-refractivity contribution in [1.82, 2.24) is 19.7 Å². The van der Waals surface area contributed by atoms with Crippen LogP contribution in [-0.4, -0.2) is 19.7 Å². The molecule has 0 fully saturated rings. The zero-order valence-electron chi connectivity index (χ0n) is 8.28. The molecule has 0 unspecified atom stereocenters. The first kappa shape index (κ1) is 8.80. The molecule has 0 aliphatic heterocycles. The molecular weight excluding hydrogens is 178 g/mol. The van der Waals surface area contributed by atoms with Crippen LogP contribution in [0.25, 0.3) is 0 Å². The molecule has 14 heavy (non-hydrogen) atoms. The van der Waals surface area contributed by atoms with Gasteiger partial charge in [-0.25, -0.2) is 4.98 Å². The molecule has 0 spiro atoms. The van der Waals surface area contributed by atoms with Gasteiger partial charge in [-0.15, -0.1) is 0 Å². The molecule has 0 saturated heterocycles. The van der Waals surface area contributed by atoms with E-state index in [0.717, 1.165) is 23.8 Å². The van der Waals surface area contributed by atoms with Crippen molar-refractivity contribution < 1.29 is 0 Å². The van der Waals surface area contributed by atoms with Crippen molar-refractivity contribution in [1.29, 1.82) is 0 Å². The monoisotopic (exact) mass is 191 g/mol. The van der Waals surface area contributed by atoms with E-state index in [0.29, 0.717) is 0 Å². The molecule has 0 bridgehead atoms. The first-order chi connectivity index (χ1) is 6.77. The number of aryl methyl sites for hydroxylation is 2. The van der Waals surface area contributed by atoms with Gasteiger partial charge in [-0.2, -0.15) is 5.10 Å². The van der Waals surface area contributed by atoms with E-state index in [1.807, 2.05) is 30.9 Å². The molecule has 2 heterocycles. The van der Waals surface area contributed by atoms with Crippen LogP contribution >= 0.6 is 0 Å². The Labute approximate surface area is 82.2 Å². The van der Waals surface area contributed by atoms with Crippen molar-refractivity contribution in [3.63, 3.8) is 0 Å². The Bertz CT molecular complexity index is 374. The second kappa shape index (κ2) is 3.53. The van der Waals surface area contributed by atoms with E-state index in [-0.39, 0.29) is 0 Å². The number of nitrogens with zero attached hydrogens (tertiary/aromatic N) is 3. The number of imidazole rings is 1. The molecule has 2 aromatic heterocycles. The summed E-state index contributed by atoms with van der Waals surface area (Å²) in [7, 11) is 1.96. The molecule has 2 aromatic rings. The quantitative estimate of drug-likeness (QED) is 0.762. The highest BCUT2D eigenvalue weighted by Crippen LogP contribution is 2.07. The van der Waals surface area contributed by atoms with E-state index in [4.69, 9.17) is 0 Å². The number of nitrogens with one attached hydrogen (secondary N) is 2. The molecule has 2 N–H and O–H groups in total. The number of anilines is 1. The Hall–Kier alpha value is -1.78. The summed E-state index contributed by atoms with van der Waals surface area (Å²) < 4.78 is 1.94. The van der Waals surface area contributed by atoms with Gasteiger partial charge in [0, 0.05) is 37.2 Å². The number of hydrogen-bond donors (Lipinski definition) is 2. The van der Waals surface area contributed by atoms with Crippen LogP contribution in [0.5, 0.6) is 0 Å². The highest BCUT2D eigenvalue weighted by Gasteiger charge is 2.01. The first-order valence-corrected chi connectivity index (χ1v) is 4.47. The van der Waals surface area contributed by atoms with Crippen molar-refractivity contribution in [2.75, 3.05) is 5.32 Å². The smallest absolute Gasteiger partial charge is 0.202 e. The second-order valence-electron chi connectivity index (χ2n) is 3.24. The predicted molar refractivity (Wildman–Crippen MR) is 53.9 cm³/mol. The zero-order valence-corrected chi connectivity index (χ0v) is 8.28. The minimum atomic E-state index is 0.743. The van der Waals surface area contributed by atoms with Crippen molar-refractivity contribution in [2.45, 2.75) is 13.5 Å². The molecule has 5 heteroatoms. The van der Waals surface area contributed by atoms with Gasteiger partial charge in [-0.3, -0.25) is 5.10 Å². The van der Waals surface area contributed by atoms with Crippen LogP contribution in [-0.2, 0) is 13.6 Å². The number of hydrogen-bond acceptors (Lipinski definition) is 3. The van der Waals surface area contributed by atoms with Gasteiger partial charge in [0.1, 0.15) is 0 Å². The lowest BCUT2D eigenvalue weighted by Gasteiger charge is -2.04. The summed E-state index contributed by atoms with van der Waals surface area (Å²) in [5.74, 6) is 0.866. The fraction of sp³-hybridized carbons (Fsp3) is 0.333. The topological polar surface area (TPSA) is 58.5 Å². The molecule has 0 aromatic carbocycles. The average Bonchev–Trinajstić information content (AvgIpc) is 2.72. The number of H-pyrrole nitrogens is 1. The third kappa shape index (κ3) is 1.61. The number of aromatic nitrogens is 4. The van der Waals surface area contributed by atoms with Crippen molar-refractivity contribution in [3.8, 4) is 0 Å². The molecule has 2 rings (SSSR count). The van der Waals surface area contributed by atoms with Crippen LogP contribution in [0.15, 0.2) is 18.6 Å². The third-order valence-corrected chi connectivity index (χ3v) is 2.19. The summed E-state index contributed by atoms with van der Waals surface area (Å²) in [6.45, 7) is 2.75. The normalized spacial score (nSPS) is 10.4. The van der Waals surface area contributed by atoms with Gasteiger partial charge in [0.2, 0.25) is 5.95 Å². The minimum absolute atomic E-state index is 0.743. The molecule has 0 amide bonds. The Balaban J connectivity index is 2.02. The summed E-state index contributed by atoms with van der Waals surface area (Å²) >= 11 is 0. The van der Waals surface area contributed by atoms with E-state index >= 15 is 0 Å². The third-order valence-electron chi connectivity index (χ3n) is 2.19. The average molecular weight is 191 g/mol. The van der Waals surface area contributed by atoms with E-state index in [9.17, 15) is 0 Å². The zero-order chi connectivity index (χ0) is 9.97. The fourth-order valence-corrected chi connectivity index (χ4v) is 1.26. The van der Waals surface area contributed by atoms with Gasteiger partial charge in [-0.1, -0.05) is 0 Å². The second-order valence-corrected chi connectivity index (χ2v) is 3.24. The maximum atomic E-state index is 4.17. The minimum Gasteiger partial charge on any atom is -0.351 e. The largest absolute Gasteiger partial charge is 0.351 e. The molecule has 0 atom stereocenters. The lowest BCUT2D eigenvalue weighted by Crippen LogP contribution is -2.04. The van der Waals surface area contributed by atoms with Crippen LogP contribution in [0.1, 0.15) is 11.3 Å². The maximum absolute atomic E-state index is 4.17. The standard InChI is InChI=1S/C9H13N5/c1-7-8(6-12-13-7)5-11-9-10-3-4-14(9)2/h3-4,6H,5H2,1-2H3,(H,10,11)(H,12,13). The lowest BCUT2D eigenvalue weighted by atomic mass is 10.3. The highest BCUT2D eigenvalue weighted by molar-refractivity contribution is 5.28. The van der Waals surface area contributed by atoms with Gasteiger partial charge in [-0.05, 0) is 6.92 Å². The van der Waals surface area contributed by atoms with Crippen LogP contribution in [0.3, 0.4) is 0 Å². The first-order valence-electron chi connectivity index (χ1n) is 4.47. The Morgan fingerprint density at radius 3 is 3.00 bits per heavy atom. The summed E-state index contributed by atoms with van der Waals surface area (Å²) in [6.07, 6.45) is 5.50. The van der Waals surface area contributed by atoms with Crippen LogP contribution in [0.4, 0.5) is 5.95 Å². The van der Waals surface area contributed by atoms with E-state index in [2.05, 4.69) is 20.5 Å². The van der Waals surface area contributed by atoms with Gasteiger partial charge >= 0.3 is 0 Å². The highest BCUT2D eigenvalue weighted by atomic mass is 15.2. The maximum Gasteiger partial charge on any atom is 0.202 e. The molecule has 74 valence electrons. The van der Waals surface area contributed by atoms with E-state index in [1.54, 1.807) is 6.20 Å². The van der Waals surface area contributed by atoms with Gasteiger partial charge in [0.25, 0.3) is 0 Å². The molecule has 0 aliphatic rings. The van der Waals surface area contributed by atoms with Gasteiger partial charge in [0.15, 0.2) is 0 Å². The van der Waals surface area contributed by atoms with E-state index < -0.39 is 0 Å². The number of rotatable bonds is 3. The predicted octanol–water partition coefficient (Wildman–Crippen LogP) is 1.06. The van der Waals surface area contributed by atoms with Crippen molar-refractivity contribution >= 4 is 5.95 Å². The van der Waals surface area contributed by atoms with Crippen LogP contribution in [0.2, 0.25) is 0 Å². The Kier molecular flexibility index (Phi) is 2.22. The Morgan fingerprint density at radius 2 is 2.43 bits per heavy atom. The lowest BCUT2D eigenvalue weighted by molar-refractivity contribution is 0.898. The summed E-state index contributed by atoms with van der Waals surface area (Å²) in [4.78, 5) is 4.17. The Morgan fingerprint density at radius 1 is 1.57 bits per heavy atom. The fourth-order valence-electron chi connectivity index (χ4n) is 1.26. The summed E-state index contributed by atoms with van der Waals surface area (Å²) in [5, 5.41) is 10.1. The molecular formula is C9H13N5. The number of aromatic amines is 1. The van der Waals surface area contributed by atoms with E-state index in [1.165, 1.54) is 0 Å². The molecule has 0 saturated carbocycles. The SMILES string of the molecule is Cc1[nH]ncc1CNc1nccn1C. The van der Waals surface area contributed by atoms with Crippen molar-refractivity contribution in [3.05, 3.63) is 29.8 Å². The van der Waals surface area contributed by atoms with Crippen molar-refractivity contribution in [2.24, 2.45) is 7.05 Å². The van der Waals surface area contributed by atoms with Gasteiger partial charge in [0.05, 0.1) is 6.20 Å². The van der Waals surface area contributed by atoms with Crippen LogP contribution in [0, 0.1) is 6.92 Å². The molecule has 0 radical (unpaired) electrons. The molecule has 5 nitrogen and oxygen atoms in total. The van der Waals surface area contributed by atoms with Crippen LogP contribution < -0.4 is 5.32 Å². The van der Waals surface area contributed by atoms with Gasteiger partial charge < -0.3 is 9.88 Å². The molecule has 0 aliphatic carbocycles. The summed E-state index contributed by atoms with van der Waals surface area (Å²) in [5.41, 5.74) is 2.25.